The fourth-order valence-corrected chi connectivity index (χ4v) is 0.965. The Bertz CT molecular complexity index is 161. The summed E-state index contributed by atoms with van der Waals surface area (Å²) in [6.07, 6.45) is 23.0. The van der Waals surface area contributed by atoms with E-state index < -0.39 is 0 Å². The molecule has 70 valence electrons. The summed E-state index contributed by atoms with van der Waals surface area (Å²) in [5.41, 5.74) is 0. The molecule has 0 heterocycles. The van der Waals surface area contributed by atoms with Gasteiger partial charge in [-0.15, -0.1) is 12.8 Å². The maximum Gasteiger partial charge on any atom is 2.00 e. The van der Waals surface area contributed by atoms with Gasteiger partial charge in [0.15, 0.2) is 0 Å². The van der Waals surface area contributed by atoms with Gasteiger partial charge in [0.2, 0.25) is 0 Å². The summed E-state index contributed by atoms with van der Waals surface area (Å²) in [5.74, 6) is 0. The number of rotatable bonds is 0. The van der Waals surface area contributed by atoms with Crippen LogP contribution >= 0.6 is 0 Å². The Morgan fingerprint density at radius 3 is 1.31 bits per heavy atom. The van der Waals surface area contributed by atoms with Crippen LogP contribution in [0.4, 0.5) is 0 Å². The van der Waals surface area contributed by atoms with Crippen molar-refractivity contribution in [2.24, 2.45) is 0 Å². The molecule has 1 heteroatoms. The van der Waals surface area contributed by atoms with E-state index in [1.54, 1.807) is 0 Å². The van der Waals surface area contributed by atoms with Crippen LogP contribution in [0.2, 0.25) is 0 Å². The van der Waals surface area contributed by atoms with Crippen molar-refractivity contribution in [3.05, 3.63) is 48.6 Å². The van der Waals surface area contributed by atoms with Gasteiger partial charge in [-0.3, -0.25) is 12.2 Å². The van der Waals surface area contributed by atoms with E-state index in [1.807, 2.05) is 24.3 Å². The molecule has 0 radical (unpaired) electrons. The van der Waals surface area contributed by atoms with Crippen molar-refractivity contribution in [2.45, 2.75) is 25.7 Å². The van der Waals surface area contributed by atoms with Crippen molar-refractivity contribution in [1.82, 2.24) is 0 Å². The van der Waals surface area contributed by atoms with Crippen LogP contribution in [0.1, 0.15) is 25.7 Å². The van der Waals surface area contributed by atoms with Crippen LogP contribution in [0.5, 0.6) is 0 Å². The van der Waals surface area contributed by atoms with Crippen molar-refractivity contribution >= 4 is 0 Å². The second-order valence-electron chi connectivity index (χ2n) is 2.68. The third kappa shape index (κ3) is 7.83. The molecule has 2 aliphatic carbocycles. The van der Waals surface area contributed by atoms with Crippen LogP contribution < -0.4 is 0 Å². The Morgan fingerprint density at radius 2 is 1.23 bits per heavy atom. The van der Waals surface area contributed by atoms with Crippen LogP contribution in [0.15, 0.2) is 36.5 Å². The molecular weight excluding hydrogens is 200 g/mol. The zero-order valence-electron chi connectivity index (χ0n) is 7.65. The SMILES string of the molecule is [C-]1=CC=CCC1.[C-]1=CC=CCC1.[Fe+2]. The van der Waals surface area contributed by atoms with Gasteiger partial charge in [-0.2, -0.15) is 12.2 Å². The fraction of sp³-hybridized carbons (Fsp3) is 0.333. The first-order valence-electron chi connectivity index (χ1n) is 4.43. The Balaban J connectivity index is 0.000000206. The van der Waals surface area contributed by atoms with Crippen LogP contribution in [0.25, 0.3) is 0 Å². The molecular formula is C12H14Fe. The first-order chi connectivity index (χ1) is 6.00. The van der Waals surface area contributed by atoms with Gasteiger partial charge in [-0.05, 0) is 0 Å². The minimum Gasteiger partial charge on any atom is -0.275 e. The van der Waals surface area contributed by atoms with Gasteiger partial charge in [0, 0.05) is 0 Å². The summed E-state index contributed by atoms with van der Waals surface area (Å²) in [6.45, 7) is 0. The Kier molecular flexibility index (Phi) is 9.18. The molecule has 0 aromatic rings. The van der Waals surface area contributed by atoms with E-state index in [1.165, 1.54) is 12.8 Å². The molecule has 0 spiro atoms. The minimum absolute atomic E-state index is 0. The summed E-state index contributed by atoms with van der Waals surface area (Å²) < 4.78 is 0. The van der Waals surface area contributed by atoms with Crippen LogP contribution in [0.3, 0.4) is 0 Å². The zero-order chi connectivity index (χ0) is 8.49. The quantitative estimate of drug-likeness (QED) is 0.428. The summed E-state index contributed by atoms with van der Waals surface area (Å²) in [7, 11) is 0. The van der Waals surface area contributed by atoms with Crippen LogP contribution in [-0.4, -0.2) is 0 Å². The Labute approximate surface area is 91.6 Å². The van der Waals surface area contributed by atoms with Crippen molar-refractivity contribution in [3.63, 3.8) is 0 Å². The molecule has 0 aliphatic heterocycles. The van der Waals surface area contributed by atoms with E-state index in [4.69, 9.17) is 0 Å². The first-order valence-corrected chi connectivity index (χ1v) is 4.43. The maximum absolute atomic E-state index is 3.07. The van der Waals surface area contributed by atoms with E-state index in [-0.39, 0.29) is 17.1 Å². The maximum atomic E-state index is 3.07. The van der Waals surface area contributed by atoms with Gasteiger partial charge in [0.1, 0.15) is 0 Å². The molecule has 13 heavy (non-hydrogen) atoms. The third-order valence-electron chi connectivity index (χ3n) is 1.61. The first kappa shape index (κ1) is 12.5. The van der Waals surface area contributed by atoms with E-state index in [0.717, 1.165) is 12.8 Å². The standard InChI is InChI=1S/2C6H7.Fe/c2*1-2-4-6-5-3-1;/h2*1-3H,4,6H2;/q2*-1;+2. The average molecular weight is 214 g/mol. The van der Waals surface area contributed by atoms with Crippen molar-refractivity contribution in [3.8, 4) is 0 Å². The molecule has 0 atom stereocenters. The molecule has 0 bridgehead atoms. The number of hydrogen-bond donors (Lipinski definition) is 0. The molecule has 0 amide bonds. The molecule has 2 aliphatic rings. The molecule has 0 N–H and O–H groups in total. The smallest absolute Gasteiger partial charge is 0.275 e. The molecule has 0 saturated carbocycles. The van der Waals surface area contributed by atoms with Crippen LogP contribution in [0, 0.1) is 12.2 Å². The minimum atomic E-state index is 0. The van der Waals surface area contributed by atoms with Gasteiger partial charge in [-0.1, -0.05) is 12.8 Å². The Hall–Kier alpha value is -0.521. The van der Waals surface area contributed by atoms with Crippen molar-refractivity contribution in [2.75, 3.05) is 0 Å². The summed E-state index contributed by atoms with van der Waals surface area (Å²) >= 11 is 0. The second-order valence-corrected chi connectivity index (χ2v) is 2.68. The molecule has 0 aromatic heterocycles. The van der Waals surface area contributed by atoms with Gasteiger partial charge in [-0.25, -0.2) is 24.3 Å². The molecule has 0 saturated heterocycles. The zero-order valence-corrected chi connectivity index (χ0v) is 8.75. The molecule has 0 fully saturated rings. The van der Waals surface area contributed by atoms with Gasteiger partial charge in [0.05, 0.1) is 0 Å². The second kappa shape index (κ2) is 9.57. The Morgan fingerprint density at radius 1 is 0.769 bits per heavy atom. The van der Waals surface area contributed by atoms with Gasteiger partial charge < -0.3 is 0 Å². The summed E-state index contributed by atoms with van der Waals surface area (Å²) in [5, 5.41) is 0. The summed E-state index contributed by atoms with van der Waals surface area (Å²) in [6, 6.07) is 0. The average Bonchev–Trinajstić information content (AvgIpc) is 2.24. The number of hydrogen-bond acceptors (Lipinski definition) is 0. The van der Waals surface area contributed by atoms with Crippen molar-refractivity contribution < 1.29 is 17.1 Å². The van der Waals surface area contributed by atoms with E-state index in [9.17, 15) is 0 Å². The van der Waals surface area contributed by atoms with E-state index in [0.29, 0.717) is 0 Å². The number of allylic oxidation sites excluding steroid dienone is 8. The topological polar surface area (TPSA) is 0 Å². The molecule has 2 rings (SSSR count). The fourth-order valence-electron chi connectivity index (χ4n) is 0.965. The largest absolute Gasteiger partial charge is 2.00 e. The summed E-state index contributed by atoms with van der Waals surface area (Å²) in [4.78, 5) is 0. The third-order valence-corrected chi connectivity index (χ3v) is 1.61. The molecule has 0 nitrogen and oxygen atoms in total. The van der Waals surface area contributed by atoms with Crippen molar-refractivity contribution in [1.29, 1.82) is 0 Å². The van der Waals surface area contributed by atoms with Gasteiger partial charge in [0.25, 0.3) is 0 Å². The monoisotopic (exact) mass is 214 g/mol. The van der Waals surface area contributed by atoms with Crippen LogP contribution in [-0.2, 0) is 17.1 Å². The predicted molar refractivity (Wildman–Crippen MR) is 52.4 cm³/mol. The molecule has 0 unspecified atom stereocenters. The van der Waals surface area contributed by atoms with E-state index >= 15 is 0 Å². The predicted octanol–water partition coefficient (Wildman–Crippen LogP) is 3.39. The van der Waals surface area contributed by atoms with Gasteiger partial charge >= 0.3 is 17.1 Å². The van der Waals surface area contributed by atoms with E-state index in [2.05, 4.69) is 24.3 Å². The molecule has 0 aromatic carbocycles. The normalized spacial score (nSPS) is 17.2.